The van der Waals surface area contributed by atoms with Crippen LogP contribution in [0.4, 0.5) is 5.69 Å². The van der Waals surface area contributed by atoms with Crippen LogP contribution in [0.5, 0.6) is 0 Å². The summed E-state index contributed by atoms with van der Waals surface area (Å²) < 4.78 is 1.92. The number of hydrogen-bond acceptors (Lipinski definition) is 3. The molecule has 3 fully saturated rings. The minimum atomic E-state index is -0.100. The van der Waals surface area contributed by atoms with E-state index in [0.29, 0.717) is 11.6 Å². The molecule has 142 valence electrons. The molecule has 0 aliphatic carbocycles. The summed E-state index contributed by atoms with van der Waals surface area (Å²) in [6, 6.07) is 11.7. The SMILES string of the molecule is CC(=O)Nc1cccc(-c2ccc(C(=O)N[C@H]3CN4CCC3CC4)n2C)c1. The zero-order valence-electron chi connectivity index (χ0n) is 15.9. The van der Waals surface area contributed by atoms with Gasteiger partial charge in [0.2, 0.25) is 5.91 Å². The van der Waals surface area contributed by atoms with E-state index in [1.165, 1.54) is 19.8 Å². The molecule has 3 aliphatic heterocycles. The van der Waals surface area contributed by atoms with Gasteiger partial charge in [-0.3, -0.25) is 9.59 Å². The lowest BCUT2D eigenvalue weighted by Crippen LogP contribution is -2.57. The third-order valence-corrected chi connectivity index (χ3v) is 5.81. The number of aromatic nitrogens is 1. The van der Waals surface area contributed by atoms with Crippen molar-refractivity contribution < 1.29 is 9.59 Å². The number of nitrogens with one attached hydrogen (secondary N) is 2. The second-order valence-corrected chi connectivity index (χ2v) is 7.64. The van der Waals surface area contributed by atoms with Gasteiger partial charge in [-0.05, 0) is 56.1 Å². The number of nitrogens with zero attached hydrogens (tertiary/aromatic N) is 2. The molecule has 0 unspecified atom stereocenters. The molecule has 2 bridgehead atoms. The van der Waals surface area contributed by atoms with Crippen LogP contribution in [0.1, 0.15) is 30.3 Å². The molecule has 0 radical (unpaired) electrons. The van der Waals surface area contributed by atoms with Gasteiger partial charge < -0.3 is 20.1 Å². The first-order valence-electron chi connectivity index (χ1n) is 9.58. The van der Waals surface area contributed by atoms with Crippen molar-refractivity contribution in [1.29, 1.82) is 0 Å². The summed E-state index contributed by atoms with van der Waals surface area (Å²) in [6.45, 7) is 4.78. The number of carbonyl (C=O) groups excluding carboxylic acids is 2. The Morgan fingerprint density at radius 2 is 1.89 bits per heavy atom. The number of piperidine rings is 3. The van der Waals surface area contributed by atoms with Gasteiger partial charge >= 0.3 is 0 Å². The Labute approximate surface area is 159 Å². The van der Waals surface area contributed by atoms with Gasteiger partial charge in [-0.25, -0.2) is 0 Å². The Balaban J connectivity index is 1.52. The highest BCUT2D eigenvalue weighted by atomic mass is 16.2. The molecule has 2 N–H and O–H groups in total. The first kappa shape index (κ1) is 17.8. The third kappa shape index (κ3) is 3.62. The maximum Gasteiger partial charge on any atom is 0.268 e. The third-order valence-electron chi connectivity index (χ3n) is 5.81. The number of hydrogen-bond donors (Lipinski definition) is 2. The molecule has 2 aromatic rings. The second-order valence-electron chi connectivity index (χ2n) is 7.64. The topological polar surface area (TPSA) is 66.4 Å². The van der Waals surface area contributed by atoms with Gasteiger partial charge in [-0.2, -0.15) is 0 Å². The van der Waals surface area contributed by atoms with Crippen molar-refractivity contribution in [2.45, 2.75) is 25.8 Å². The quantitative estimate of drug-likeness (QED) is 0.874. The van der Waals surface area contributed by atoms with Crippen LogP contribution in [0, 0.1) is 5.92 Å². The van der Waals surface area contributed by atoms with E-state index >= 15 is 0 Å². The smallest absolute Gasteiger partial charge is 0.268 e. The van der Waals surface area contributed by atoms with Crippen molar-refractivity contribution in [2.75, 3.05) is 25.0 Å². The lowest BCUT2D eigenvalue weighted by Gasteiger charge is -2.44. The molecule has 3 saturated heterocycles. The van der Waals surface area contributed by atoms with Crippen LogP contribution in [0.15, 0.2) is 36.4 Å². The van der Waals surface area contributed by atoms with E-state index in [2.05, 4.69) is 15.5 Å². The van der Waals surface area contributed by atoms with Crippen molar-refractivity contribution in [3.8, 4) is 11.3 Å². The fraction of sp³-hybridized carbons (Fsp3) is 0.429. The molecule has 0 saturated carbocycles. The summed E-state index contributed by atoms with van der Waals surface area (Å²) in [6.07, 6.45) is 2.36. The van der Waals surface area contributed by atoms with E-state index in [-0.39, 0.29) is 17.9 Å². The van der Waals surface area contributed by atoms with Crippen LogP contribution in [0.25, 0.3) is 11.3 Å². The number of benzene rings is 1. The fourth-order valence-corrected chi connectivity index (χ4v) is 4.36. The van der Waals surface area contributed by atoms with Crippen LogP contribution in [-0.4, -0.2) is 47.0 Å². The number of anilines is 1. The Morgan fingerprint density at radius 1 is 1.11 bits per heavy atom. The lowest BCUT2D eigenvalue weighted by molar-refractivity contribution is -0.114. The number of rotatable bonds is 4. The van der Waals surface area contributed by atoms with E-state index in [1.807, 2.05) is 48.0 Å². The highest BCUT2D eigenvalue weighted by Crippen LogP contribution is 2.28. The first-order chi connectivity index (χ1) is 13.0. The summed E-state index contributed by atoms with van der Waals surface area (Å²) in [5.41, 5.74) is 3.32. The van der Waals surface area contributed by atoms with Gasteiger partial charge in [0, 0.05) is 43.5 Å². The van der Waals surface area contributed by atoms with Crippen molar-refractivity contribution in [2.24, 2.45) is 13.0 Å². The summed E-state index contributed by atoms with van der Waals surface area (Å²) in [5.74, 6) is 0.491. The van der Waals surface area contributed by atoms with E-state index in [9.17, 15) is 9.59 Å². The maximum absolute atomic E-state index is 12.9. The predicted octanol–water partition coefficient (Wildman–Crippen LogP) is 2.47. The standard InChI is InChI=1S/C21H26N4O2/c1-14(26)22-17-5-3-4-16(12-17)19-6-7-20(24(19)2)21(27)23-18-13-25-10-8-15(18)9-11-25/h3-7,12,15,18H,8-11,13H2,1-2H3,(H,22,26)(H,23,27)/t18-/m0/s1. The molecule has 6 heteroatoms. The minimum absolute atomic E-state index is 0.0134. The molecule has 4 heterocycles. The first-order valence-corrected chi connectivity index (χ1v) is 9.58. The molecule has 1 atom stereocenters. The van der Waals surface area contributed by atoms with Crippen LogP contribution in [0.3, 0.4) is 0 Å². The summed E-state index contributed by atoms with van der Waals surface area (Å²) in [7, 11) is 1.91. The van der Waals surface area contributed by atoms with Gasteiger partial charge in [0.05, 0.1) is 0 Å². The zero-order chi connectivity index (χ0) is 19.0. The Kier molecular flexibility index (Phi) is 4.74. The molecule has 5 rings (SSSR count). The maximum atomic E-state index is 12.9. The summed E-state index contributed by atoms with van der Waals surface area (Å²) in [4.78, 5) is 26.6. The average molecular weight is 366 g/mol. The van der Waals surface area contributed by atoms with Crippen molar-refractivity contribution in [1.82, 2.24) is 14.8 Å². The largest absolute Gasteiger partial charge is 0.346 e. The van der Waals surface area contributed by atoms with Gasteiger partial charge in [0.15, 0.2) is 0 Å². The van der Waals surface area contributed by atoms with Crippen LogP contribution in [0.2, 0.25) is 0 Å². The Bertz CT molecular complexity index is 865. The Hall–Kier alpha value is -2.60. The number of fused-ring (bicyclic) bond motifs is 3. The van der Waals surface area contributed by atoms with Gasteiger partial charge in [-0.1, -0.05) is 12.1 Å². The van der Waals surface area contributed by atoms with Crippen molar-refractivity contribution in [3.63, 3.8) is 0 Å². The van der Waals surface area contributed by atoms with E-state index < -0.39 is 0 Å². The Morgan fingerprint density at radius 3 is 2.56 bits per heavy atom. The van der Waals surface area contributed by atoms with Gasteiger partial charge in [-0.15, -0.1) is 0 Å². The molecule has 1 aromatic carbocycles. The highest BCUT2D eigenvalue weighted by Gasteiger charge is 2.35. The van der Waals surface area contributed by atoms with E-state index in [0.717, 1.165) is 36.6 Å². The van der Waals surface area contributed by atoms with Crippen LogP contribution >= 0.6 is 0 Å². The lowest BCUT2D eigenvalue weighted by atomic mass is 9.84. The normalized spacial score (nSPS) is 23.9. The second kappa shape index (κ2) is 7.19. The summed E-state index contributed by atoms with van der Waals surface area (Å²) >= 11 is 0. The van der Waals surface area contributed by atoms with Crippen molar-refractivity contribution >= 4 is 17.5 Å². The number of amides is 2. The minimum Gasteiger partial charge on any atom is -0.346 e. The molecular weight excluding hydrogens is 340 g/mol. The highest BCUT2D eigenvalue weighted by molar-refractivity contribution is 5.94. The molecule has 1 aromatic heterocycles. The van der Waals surface area contributed by atoms with Gasteiger partial charge in [0.25, 0.3) is 5.91 Å². The van der Waals surface area contributed by atoms with Crippen molar-refractivity contribution in [3.05, 3.63) is 42.1 Å². The molecule has 27 heavy (non-hydrogen) atoms. The molecule has 6 nitrogen and oxygen atoms in total. The van der Waals surface area contributed by atoms with Crippen LogP contribution < -0.4 is 10.6 Å². The predicted molar refractivity (Wildman–Crippen MR) is 106 cm³/mol. The fourth-order valence-electron chi connectivity index (χ4n) is 4.36. The molecule has 0 spiro atoms. The summed E-state index contributed by atoms with van der Waals surface area (Å²) in [5, 5.41) is 6.05. The van der Waals surface area contributed by atoms with E-state index in [4.69, 9.17) is 0 Å². The zero-order valence-corrected chi connectivity index (χ0v) is 15.9. The monoisotopic (exact) mass is 366 g/mol. The molecular formula is C21H26N4O2. The van der Waals surface area contributed by atoms with E-state index in [1.54, 1.807) is 0 Å². The molecule has 2 amide bonds. The average Bonchev–Trinajstić information content (AvgIpc) is 3.04. The molecule has 3 aliphatic rings. The number of carbonyl (C=O) groups is 2. The van der Waals surface area contributed by atoms with Gasteiger partial charge in [0.1, 0.15) is 5.69 Å². The van der Waals surface area contributed by atoms with Crippen LogP contribution in [-0.2, 0) is 11.8 Å².